The standard InChI is InChI=1S/C13H26.C11H24.C10H22O/c1-10(2)13(11(3)4)12-8-6-5-7-9-12;1-8(2)10(9(3)4)11(5,6)7;1-7(2)9(8(3)4)10(5,6)11/h10-13H,5-9H2,1-4H3;8-10H,1-7H3;7-9,11H,1-6H3. The maximum atomic E-state index is 9.82. The van der Waals surface area contributed by atoms with Crippen LogP contribution in [0, 0.1) is 64.6 Å². The van der Waals surface area contributed by atoms with Crippen molar-refractivity contribution in [1.29, 1.82) is 0 Å². The fraction of sp³-hybridized carbons (Fsp3) is 1.00. The van der Waals surface area contributed by atoms with E-state index in [1.165, 1.54) is 32.1 Å². The van der Waals surface area contributed by atoms with Crippen molar-refractivity contribution in [1.82, 2.24) is 0 Å². The first-order valence-corrected chi connectivity index (χ1v) is 15.4. The van der Waals surface area contributed by atoms with Gasteiger partial charge in [-0.2, -0.15) is 0 Å². The van der Waals surface area contributed by atoms with Gasteiger partial charge in [0, 0.05) is 0 Å². The molecular weight excluding hydrogens is 424 g/mol. The van der Waals surface area contributed by atoms with Crippen molar-refractivity contribution in [2.45, 2.75) is 155 Å². The Labute approximate surface area is 225 Å². The number of hydrogen-bond donors (Lipinski definition) is 1. The quantitative estimate of drug-likeness (QED) is 0.354. The Morgan fingerprint density at radius 2 is 0.800 bits per heavy atom. The van der Waals surface area contributed by atoms with Gasteiger partial charge in [0.1, 0.15) is 0 Å². The van der Waals surface area contributed by atoms with Gasteiger partial charge < -0.3 is 5.11 Å². The van der Waals surface area contributed by atoms with Gasteiger partial charge in [0.15, 0.2) is 0 Å². The fourth-order valence-corrected chi connectivity index (χ4v) is 8.55. The monoisotopic (exact) mass is 497 g/mol. The van der Waals surface area contributed by atoms with Crippen LogP contribution in [0.15, 0.2) is 0 Å². The molecule has 0 saturated heterocycles. The summed E-state index contributed by atoms with van der Waals surface area (Å²) in [6.07, 6.45) is 7.46. The van der Waals surface area contributed by atoms with E-state index in [2.05, 4.69) is 104 Å². The highest BCUT2D eigenvalue weighted by molar-refractivity contribution is 4.82. The average Bonchev–Trinajstić information content (AvgIpc) is 2.58. The Morgan fingerprint density at radius 3 is 0.943 bits per heavy atom. The summed E-state index contributed by atoms with van der Waals surface area (Å²) in [7, 11) is 0. The molecule has 214 valence electrons. The van der Waals surface area contributed by atoms with Gasteiger partial charge >= 0.3 is 0 Å². The van der Waals surface area contributed by atoms with Crippen LogP contribution in [0.25, 0.3) is 0 Å². The predicted octanol–water partition coefficient (Wildman–Crippen LogP) is 11.1. The van der Waals surface area contributed by atoms with Gasteiger partial charge in [-0.1, -0.05) is 136 Å². The van der Waals surface area contributed by atoms with Gasteiger partial charge in [-0.05, 0) is 78.4 Å². The van der Waals surface area contributed by atoms with Crippen LogP contribution in [0.1, 0.15) is 150 Å². The molecule has 1 aliphatic carbocycles. The second-order valence-electron chi connectivity index (χ2n) is 15.5. The van der Waals surface area contributed by atoms with Crippen LogP contribution in [-0.2, 0) is 0 Å². The van der Waals surface area contributed by atoms with E-state index in [1.807, 2.05) is 13.8 Å². The van der Waals surface area contributed by atoms with Gasteiger partial charge in [-0.15, -0.1) is 0 Å². The van der Waals surface area contributed by atoms with Crippen LogP contribution in [0.2, 0.25) is 0 Å². The Kier molecular flexibility index (Phi) is 17.7. The molecule has 0 amide bonds. The molecule has 0 aromatic heterocycles. The molecule has 1 heteroatoms. The van der Waals surface area contributed by atoms with Crippen molar-refractivity contribution in [2.24, 2.45) is 64.6 Å². The first-order chi connectivity index (χ1) is 15.7. The van der Waals surface area contributed by atoms with E-state index in [0.717, 1.165) is 41.4 Å². The zero-order valence-corrected chi connectivity index (χ0v) is 27.8. The zero-order chi connectivity index (χ0) is 28.3. The number of rotatable bonds is 8. The summed E-state index contributed by atoms with van der Waals surface area (Å²) in [5, 5.41) is 9.82. The summed E-state index contributed by atoms with van der Waals surface area (Å²) in [6, 6.07) is 0. The van der Waals surface area contributed by atoms with E-state index in [4.69, 9.17) is 0 Å². The van der Waals surface area contributed by atoms with Gasteiger partial charge in [0.25, 0.3) is 0 Å². The molecule has 0 bridgehead atoms. The topological polar surface area (TPSA) is 20.2 Å². The maximum absolute atomic E-state index is 9.82. The van der Waals surface area contributed by atoms with E-state index in [1.54, 1.807) is 0 Å². The lowest BCUT2D eigenvalue weighted by Gasteiger charge is -2.37. The molecule has 1 N–H and O–H groups in total. The molecule has 0 atom stereocenters. The normalized spacial score (nSPS) is 16.2. The fourth-order valence-electron chi connectivity index (χ4n) is 8.55. The number of aliphatic hydroxyl groups is 1. The lowest BCUT2D eigenvalue weighted by Crippen LogP contribution is -2.37. The van der Waals surface area contributed by atoms with E-state index >= 15 is 0 Å². The van der Waals surface area contributed by atoms with Gasteiger partial charge in [0.05, 0.1) is 5.60 Å². The predicted molar refractivity (Wildman–Crippen MR) is 162 cm³/mol. The molecular formula is C34H72O. The Balaban J connectivity index is 0. The van der Waals surface area contributed by atoms with Crippen LogP contribution in [0.5, 0.6) is 0 Å². The van der Waals surface area contributed by atoms with E-state index in [-0.39, 0.29) is 0 Å². The van der Waals surface area contributed by atoms with Crippen molar-refractivity contribution in [3.8, 4) is 0 Å². The smallest absolute Gasteiger partial charge is 0.0624 e. The minimum Gasteiger partial charge on any atom is -0.390 e. The second-order valence-corrected chi connectivity index (χ2v) is 15.5. The average molecular weight is 497 g/mol. The highest BCUT2D eigenvalue weighted by Gasteiger charge is 2.32. The van der Waals surface area contributed by atoms with Crippen LogP contribution >= 0.6 is 0 Å². The summed E-state index contributed by atoms with van der Waals surface area (Å²) in [4.78, 5) is 0. The van der Waals surface area contributed by atoms with E-state index in [9.17, 15) is 5.11 Å². The third kappa shape index (κ3) is 15.1. The molecule has 0 spiro atoms. The minimum absolute atomic E-state index is 0.391. The molecule has 0 unspecified atom stereocenters. The van der Waals surface area contributed by atoms with Crippen molar-refractivity contribution < 1.29 is 5.11 Å². The highest BCUT2D eigenvalue weighted by Crippen LogP contribution is 2.38. The molecule has 35 heavy (non-hydrogen) atoms. The minimum atomic E-state index is -0.539. The molecule has 1 aliphatic rings. The van der Waals surface area contributed by atoms with Crippen molar-refractivity contribution in [2.75, 3.05) is 0 Å². The molecule has 0 aromatic carbocycles. The second kappa shape index (κ2) is 16.7. The molecule has 1 saturated carbocycles. The summed E-state index contributed by atoms with van der Waals surface area (Å²) >= 11 is 0. The zero-order valence-electron chi connectivity index (χ0n) is 27.8. The van der Waals surface area contributed by atoms with Gasteiger partial charge in [-0.25, -0.2) is 0 Å². The first kappa shape index (κ1) is 37.1. The van der Waals surface area contributed by atoms with Crippen LogP contribution in [0.4, 0.5) is 0 Å². The SMILES string of the molecule is CC(C)C(C(C)C)C(C)(C)C.CC(C)C(C(C)C)C(C)(C)O.CC(C)C(C(C)C)C1CCCCC1. The molecule has 0 radical (unpaired) electrons. The maximum Gasteiger partial charge on any atom is 0.0624 e. The third-order valence-corrected chi connectivity index (χ3v) is 8.42. The molecule has 0 aromatic rings. The summed E-state index contributed by atoms with van der Waals surface area (Å²) in [6.45, 7) is 38.4. The lowest BCUT2D eigenvalue weighted by atomic mass is 9.69. The number of hydrogen-bond acceptors (Lipinski definition) is 1. The van der Waals surface area contributed by atoms with Crippen molar-refractivity contribution in [3.05, 3.63) is 0 Å². The van der Waals surface area contributed by atoms with Crippen LogP contribution < -0.4 is 0 Å². The lowest BCUT2D eigenvalue weighted by molar-refractivity contribution is -0.0255. The van der Waals surface area contributed by atoms with Crippen molar-refractivity contribution in [3.63, 3.8) is 0 Å². The molecule has 1 rings (SSSR count). The summed E-state index contributed by atoms with van der Waals surface area (Å²) in [5.74, 6) is 7.69. The summed E-state index contributed by atoms with van der Waals surface area (Å²) in [5.41, 5.74) is -0.0787. The molecule has 1 fully saturated rings. The summed E-state index contributed by atoms with van der Waals surface area (Å²) < 4.78 is 0. The van der Waals surface area contributed by atoms with E-state index in [0.29, 0.717) is 23.2 Å². The molecule has 1 nitrogen and oxygen atoms in total. The van der Waals surface area contributed by atoms with Gasteiger partial charge in [0.2, 0.25) is 0 Å². The largest absolute Gasteiger partial charge is 0.390 e. The Hall–Kier alpha value is -0.0400. The Bertz CT molecular complexity index is 438. The van der Waals surface area contributed by atoms with Crippen LogP contribution in [-0.4, -0.2) is 10.7 Å². The molecule has 0 aliphatic heterocycles. The van der Waals surface area contributed by atoms with Gasteiger partial charge in [-0.3, -0.25) is 0 Å². The van der Waals surface area contributed by atoms with E-state index < -0.39 is 5.60 Å². The third-order valence-electron chi connectivity index (χ3n) is 8.42. The Morgan fingerprint density at radius 1 is 0.486 bits per heavy atom. The molecule has 0 heterocycles. The first-order valence-electron chi connectivity index (χ1n) is 15.4. The van der Waals surface area contributed by atoms with Crippen LogP contribution in [0.3, 0.4) is 0 Å². The highest BCUT2D eigenvalue weighted by atomic mass is 16.3. The van der Waals surface area contributed by atoms with Crippen molar-refractivity contribution >= 4 is 0 Å².